The third kappa shape index (κ3) is 2.52. The number of hydrogen-bond acceptors (Lipinski definition) is 2. The third-order valence-electron chi connectivity index (χ3n) is 3.17. The van der Waals surface area contributed by atoms with Crippen LogP contribution >= 0.6 is 11.6 Å². The summed E-state index contributed by atoms with van der Waals surface area (Å²) < 4.78 is 0. The molecule has 0 saturated carbocycles. The fraction of sp³-hybridized carbons (Fsp3) is 0.357. The molecule has 17 heavy (non-hydrogen) atoms. The van der Waals surface area contributed by atoms with Crippen LogP contribution in [0.5, 0.6) is 0 Å². The normalized spacial score (nSPS) is 14.5. The van der Waals surface area contributed by atoms with Crippen LogP contribution in [0.1, 0.15) is 20.3 Å². The standard InChI is InChI=1S/C14H17ClN2/c1-3-14(2,10-15)17-13-12-7-5-4-6-11(12)8-9-16-13/h4-9H,3,10H2,1-2H3,(H,16,17). The number of aromatic nitrogens is 1. The maximum atomic E-state index is 6.02. The average molecular weight is 249 g/mol. The molecule has 0 radical (unpaired) electrons. The van der Waals surface area contributed by atoms with Gasteiger partial charge < -0.3 is 5.32 Å². The first-order chi connectivity index (χ1) is 8.18. The highest BCUT2D eigenvalue weighted by Crippen LogP contribution is 2.25. The van der Waals surface area contributed by atoms with Crippen LogP contribution < -0.4 is 5.32 Å². The summed E-state index contributed by atoms with van der Waals surface area (Å²) in [6.07, 6.45) is 2.79. The topological polar surface area (TPSA) is 24.9 Å². The Bertz CT molecular complexity index is 501. The van der Waals surface area contributed by atoms with Crippen LogP contribution in [0.4, 0.5) is 5.82 Å². The van der Waals surface area contributed by atoms with Gasteiger partial charge in [0.25, 0.3) is 0 Å². The van der Waals surface area contributed by atoms with Gasteiger partial charge in [0.1, 0.15) is 5.82 Å². The number of anilines is 1. The number of hydrogen-bond donors (Lipinski definition) is 1. The fourth-order valence-electron chi connectivity index (χ4n) is 1.72. The minimum Gasteiger partial charge on any atom is -0.363 e. The molecule has 3 heteroatoms. The fourth-order valence-corrected chi connectivity index (χ4v) is 1.98. The second-order valence-electron chi connectivity index (χ2n) is 4.55. The van der Waals surface area contributed by atoms with Gasteiger partial charge in [-0.2, -0.15) is 0 Å². The average Bonchev–Trinajstić information content (AvgIpc) is 2.39. The molecule has 1 unspecified atom stereocenters. The van der Waals surface area contributed by atoms with Crippen LogP contribution in [0.15, 0.2) is 36.5 Å². The van der Waals surface area contributed by atoms with Crippen molar-refractivity contribution in [3.05, 3.63) is 36.5 Å². The number of benzene rings is 1. The number of halogens is 1. The molecule has 0 amide bonds. The van der Waals surface area contributed by atoms with Gasteiger partial charge in [0.05, 0.1) is 0 Å². The summed E-state index contributed by atoms with van der Waals surface area (Å²) in [5.74, 6) is 1.47. The molecule has 0 fully saturated rings. The summed E-state index contributed by atoms with van der Waals surface area (Å²) in [6.45, 7) is 4.24. The van der Waals surface area contributed by atoms with E-state index in [0.29, 0.717) is 5.88 Å². The quantitative estimate of drug-likeness (QED) is 0.826. The summed E-state index contributed by atoms with van der Waals surface area (Å²) in [7, 11) is 0. The van der Waals surface area contributed by atoms with E-state index in [0.717, 1.165) is 17.6 Å². The summed E-state index contributed by atoms with van der Waals surface area (Å²) in [5, 5.41) is 5.79. The number of rotatable bonds is 4. The van der Waals surface area contributed by atoms with Crippen molar-refractivity contribution in [1.29, 1.82) is 0 Å². The lowest BCUT2D eigenvalue weighted by Gasteiger charge is -2.28. The highest BCUT2D eigenvalue weighted by molar-refractivity contribution is 6.18. The lowest BCUT2D eigenvalue weighted by molar-refractivity contribution is 0.552. The van der Waals surface area contributed by atoms with Crippen molar-refractivity contribution in [3.8, 4) is 0 Å². The van der Waals surface area contributed by atoms with Crippen molar-refractivity contribution in [3.63, 3.8) is 0 Å². The van der Waals surface area contributed by atoms with E-state index >= 15 is 0 Å². The summed E-state index contributed by atoms with van der Waals surface area (Å²) in [5.41, 5.74) is -0.112. The molecule has 0 aliphatic heterocycles. The van der Waals surface area contributed by atoms with Gasteiger partial charge in [-0.1, -0.05) is 31.2 Å². The summed E-state index contributed by atoms with van der Waals surface area (Å²) in [6, 6.07) is 10.2. The van der Waals surface area contributed by atoms with E-state index in [2.05, 4.69) is 36.3 Å². The number of nitrogens with zero attached hydrogens (tertiary/aromatic N) is 1. The van der Waals surface area contributed by atoms with E-state index in [1.165, 1.54) is 5.39 Å². The first kappa shape index (κ1) is 12.2. The Morgan fingerprint density at radius 2 is 2.06 bits per heavy atom. The number of pyridine rings is 1. The van der Waals surface area contributed by atoms with Gasteiger partial charge >= 0.3 is 0 Å². The SMILES string of the molecule is CCC(C)(CCl)Nc1nccc2ccccc12. The zero-order valence-electron chi connectivity index (χ0n) is 10.2. The highest BCUT2D eigenvalue weighted by Gasteiger charge is 2.21. The molecule has 1 aromatic carbocycles. The zero-order valence-corrected chi connectivity index (χ0v) is 11.0. The minimum atomic E-state index is -0.112. The Balaban J connectivity index is 2.42. The summed E-state index contributed by atoms with van der Waals surface area (Å²) >= 11 is 6.02. The van der Waals surface area contributed by atoms with Crippen LogP contribution in [0, 0.1) is 0 Å². The van der Waals surface area contributed by atoms with Crippen molar-refractivity contribution >= 4 is 28.2 Å². The molecule has 0 aliphatic rings. The van der Waals surface area contributed by atoms with Crippen LogP contribution in [-0.2, 0) is 0 Å². The molecule has 2 nitrogen and oxygen atoms in total. The predicted molar refractivity (Wildman–Crippen MR) is 74.8 cm³/mol. The van der Waals surface area contributed by atoms with Gasteiger partial charge in [-0.05, 0) is 24.8 Å². The van der Waals surface area contributed by atoms with Gasteiger partial charge in [0.15, 0.2) is 0 Å². The molecule has 1 N–H and O–H groups in total. The molecule has 1 aromatic heterocycles. The van der Waals surface area contributed by atoms with Crippen LogP contribution in [-0.4, -0.2) is 16.4 Å². The Hall–Kier alpha value is -1.28. The van der Waals surface area contributed by atoms with Crippen molar-refractivity contribution < 1.29 is 0 Å². The van der Waals surface area contributed by atoms with Crippen LogP contribution in [0.2, 0.25) is 0 Å². The Morgan fingerprint density at radius 1 is 1.29 bits per heavy atom. The molecule has 1 heterocycles. The largest absolute Gasteiger partial charge is 0.363 e. The van der Waals surface area contributed by atoms with Crippen molar-refractivity contribution in [2.24, 2.45) is 0 Å². The zero-order chi connectivity index (χ0) is 12.3. The van der Waals surface area contributed by atoms with Gasteiger partial charge in [-0.25, -0.2) is 4.98 Å². The number of nitrogens with one attached hydrogen (secondary N) is 1. The Kier molecular flexibility index (Phi) is 3.53. The monoisotopic (exact) mass is 248 g/mol. The number of alkyl halides is 1. The third-order valence-corrected chi connectivity index (χ3v) is 3.76. The van der Waals surface area contributed by atoms with Gasteiger partial charge in [-0.15, -0.1) is 11.6 Å². The van der Waals surface area contributed by atoms with Crippen molar-refractivity contribution in [2.45, 2.75) is 25.8 Å². The molecule has 90 valence electrons. The van der Waals surface area contributed by atoms with Gasteiger partial charge in [0, 0.05) is 23.0 Å². The van der Waals surface area contributed by atoms with Crippen LogP contribution in [0.25, 0.3) is 10.8 Å². The van der Waals surface area contributed by atoms with Crippen molar-refractivity contribution in [2.75, 3.05) is 11.2 Å². The van der Waals surface area contributed by atoms with E-state index < -0.39 is 0 Å². The molecule has 1 atom stereocenters. The first-order valence-electron chi connectivity index (χ1n) is 5.86. The summed E-state index contributed by atoms with van der Waals surface area (Å²) in [4.78, 5) is 4.42. The first-order valence-corrected chi connectivity index (χ1v) is 6.40. The molecule has 0 bridgehead atoms. The van der Waals surface area contributed by atoms with Gasteiger partial charge in [0.2, 0.25) is 0 Å². The van der Waals surface area contributed by atoms with E-state index in [1.54, 1.807) is 0 Å². The molecule has 0 spiro atoms. The molecular formula is C14H17ClN2. The second kappa shape index (κ2) is 4.92. The molecule has 2 rings (SSSR count). The second-order valence-corrected chi connectivity index (χ2v) is 4.82. The Morgan fingerprint density at radius 3 is 2.76 bits per heavy atom. The predicted octanol–water partition coefficient (Wildman–Crippen LogP) is 4.05. The smallest absolute Gasteiger partial charge is 0.134 e. The molecule has 2 aromatic rings. The lowest BCUT2D eigenvalue weighted by Crippen LogP contribution is -2.36. The minimum absolute atomic E-state index is 0.112. The number of fused-ring (bicyclic) bond motifs is 1. The maximum Gasteiger partial charge on any atom is 0.134 e. The van der Waals surface area contributed by atoms with Crippen molar-refractivity contribution in [1.82, 2.24) is 4.98 Å². The highest BCUT2D eigenvalue weighted by atomic mass is 35.5. The van der Waals surface area contributed by atoms with E-state index in [1.807, 2.05) is 24.4 Å². The lowest BCUT2D eigenvalue weighted by atomic mass is 10.0. The van der Waals surface area contributed by atoms with Crippen LogP contribution in [0.3, 0.4) is 0 Å². The van der Waals surface area contributed by atoms with E-state index in [4.69, 9.17) is 11.6 Å². The maximum absolute atomic E-state index is 6.02. The van der Waals surface area contributed by atoms with E-state index in [9.17, 15) is 0 Å². The molecule has 0 aliphatic carbocycles. The molecular weight excluding hydrogens is 232 g/mol. The Labute approximate surface area is 107 Å². The van der Waals surface area contributed by atoms with E-state index in [-0.39, 0.29) is 5.54 Å². The molecule has 0 saturated heterocycles. The van der Waals surface area contributed by atoms with Gasteiger partial charge in [-0.3, -0.25) is 0 Å².